The average molecular weight is 500 g/mol. The number of halogens is 4. The minimum absolute atomic E-state index is 0.0697. The molecule has 5 nitrogen and oxygen atoms in total. The van der Waals surface area contributed by atoms with E-state index in [4.69, 9.17) is 0 Å². The zero-order chi connectivity index (χ0) is 21.7. The van der Waals surface area contributed by atoms with Crippen molar-refractivity contribution in [3.63, 3.8) is 0 Å². The molecule has 2 heterocycles. The van der Waals surface area contributed by atoms with Crippen molar-refractivity contribution in [2.45, 2.75) is 30.0 Å². The van der Waals surface area contributed by atoms with E-state index in [0.29, 0.717) is 41.3 Å². The lowest BCUT2D eigenvalue weighted by atomic mass is 9.90. The van der Waals surface area contributed by atoms with Gasteiger partial charge in [0, 0.05) is 17.1 Å². The number of nitriles is 1. The maximum Gasteiger partial charge on any atom is 0.416 e. The average Bonchev–Trinajstić information content (AvgIpc) is 2.71. The van der Waals surface area contributed by atoms with E-state index in [1.165, 1.54) is 10.4 Å². The number of hydrogen-bond donors (Lipinski definition) is 0. The topological polar surface area (TPSA) is 64.4 Å². The zero-order valence-corrected chi connectivity index (χ0v) is 18.0. The monoisotopic (exact) mass is 499 g/mol. The standard InChI is InChI=1S/C20H17BrF3N3O2S/c21-15-4-5-18-19(10-15)27(12-16-8-13(11-25)6-7-26(16)18)30(28,29)17-3-1-2-14(9-17)20(22,23)24/h1-5,9-10,13,16H,6-8,12H2. The summed E-state index contributed by atoms with van der Waals surface area (Å²) in [6.45, 7) is 0.690. The van der Waals surface area contributed by atoms with E-state index in [-0.39, 0.29) is 18.5 Å². The van der Waals surface area contributed by atoms with E-state index in [1.54, 1.807) is 18.2 Å². The van der Waals surface area contributed by atoms with Crippen LogP contribution in [0.2, 0.25) is 0 Å². The minimum Gasteiger partial charge on any atom is -0.365 e. The SMILES string of the molecule is N#CC1CCN2c3ccc(Br)cc3N(S(=O)(=O)c3cccc(C(F)(F)F)c3)CC2C1. The van der Waals surface area contributed by atoms with Gasteiger partial charge in [0.25, 0.3) is 10.0 Å². The van der Waals surface area contributed by atoms with Crippen molar-refractivity contribution in [1.82, 2.24) is 0 Å². The molecule has 0 saturated carbocycles. The molecule has 30 heavy (non-hydrogen) atoms. The molecule has 10 heteroatoms. The summed E-state index contributed by atoms with van der Waals surface area (Å²) < 4.78 is 68.1. The first kappa shape index (κ1) is 21.0. The molecule has 0 spiro atoms. The molecular formula is C20H17BrF3N3O2S. The normalized spacial score (nSPS) is 21.6. The van der Waals surface area contributed by atoms with Crippen molar-refractivity contribution >= 4 is 37.3 Å². The highest BCUT2D eigenvalue weighted by Crippen LogP contribution is 2.43. The number of hydrogen-bond acceptors (Lipinski definition) is 4. The van der Waals surface area contributed by atoms with E-state index in [9.17, 15) is 26.9 Å². The van der Waals surface area contributed by atoms with Crippen LogP contribution in [0.25, 0.3) is 0 Å². The van der Waals surface area contributed by atoms with Gasteiger partial charge in [-0.1, -0.05) is 22.0 Å². The molecule has 4 rings (SSSR count). The lowest BCUT2D eigenvalue weighted by Crippen LogP contribution is -2.54. The third-order valence-electron chi connectivity index (χ3n) is 5.54. The molecule has 2 aromatic carbocycles. The molecule has 158 valence electrons. The third kappa shape index (κ3) is 3.65. The number of anilines is 2. The Morgan fingerprint density at radius 1 is 1.13 bits per heavy atom. The Bertz CT molecular complexity index is 1130. The molecule has 2 aliphatic heterocycles. The molecule has 0 radical (unpaired) electrons. The van der Waals surface area contributed by atoms with Crippen molar-refractivity contribution in [2.24, 2.45) is 5.92 Å². The fourth-order valence-corrected chi connectivity index (χ4v) is 5.98. The van der Waals surface area contributed by atoms with Gasteiger partial charge < -0.3 is 4.90 Å². The van der Waals surface area contributed by atoms with E-state index >= 15 is 0 Å². The fraction of sp³-hybridized carbons (Fsp3) is 0.350. The van der Waals surface area contributed by atoms with Crippen molar-refractivity contribution in [2.75, 3.05) is 22.3 Å². The Labute approximate surface area is 180 Å². The highest BCUT2D eigenvalue weighted by molar-refractivity contribution is 9.10. The van der Waals surface area contributed by atoms with Gasteiger partial charge in [-0.25, -0.2) is 8.42 Å². The second-order valence-corrected chi connectivity index (χ2v) is 10.2. The van der Waals surface area contributed by atoms with E-state index in [1.807, 2.05) is 0 Å². The summed E-state index contributed by atoms with van der Waals surface area (Å²) in [5.74, 6) is -0.179. The number of benzene rings is 2. The summed E-state index contributed by atoms with van der Waals surface area (Å²) in [6, 6.07) is 11.1. The number of rotatable bonds is 2. The van der Waals surface area contributed by atoms with Gasteiger partial charge in [0.05, 0.1) is 40.4 Å². The molecule has 1 fully saturated rings. The third-order valence-corrected chi connectivity index (χ3v) is 7.81. The summed E-state index contributed by atoms with van der Waals surface area (Å²) in [5, 5.41) is 9.31. The smallest absolute Gasteiger partial charge is 0.365 e. The second-order valence-electron chi connectivity index (χ2n) is 7.39. The Morgan fingerprint density at radius 2 is 1.90 bits per heavy atom. The van der Waals surface area contributed by atoms with Crippen molar-refractivity contribution < 1.29 is 21.6 Å². The van der Waals surface area contributed by atoms with E-state index in [2.05, 4.69) is 26.9 Å². The van der Waals surface area contributed by atoms with Crippen LogP contribution in [-0.4, -0.2) is 27.5 Å². The van der Waals surface area contributed by atoms with E-state index < -0.39 is 26.7 Å². The van der Waals surface area contributed by atoms with Gasteiger partial charge in [0.15, 0.2) is 0 Å². The fourth-order valence-electron chi connectivity index (χ4n) is 4.08. The largest absolute Gasteiger partial charge is 0.416 e. The van der Waals surface area contributed by atoms with Gasteiger partial charge in [0.2, 0.25) is 0 Å². The number of piperidine rings is 1. The zero-order valence-electron chi connectivity index (χ0n) is 15.6. The molecule has 0 aliphatic carbocycles. The highest BCUT2D eigenvalue weighted by atomic mass is 79.9. The molecule has 1 saturated heterocycles. The maximum absolute atomic E-state index is 13.4. The van der Waals surface area contributed by atoms with E-state index in [0.717, 1.165) is 12.1 Å². The first-order chi connectivity index (χ1) is 14.1. The minimum atomic E-state index is -4.64. The van der Waals surface area contributed by atoms with Crippen LogP contribution in [0.3, 0.4) is 0 Å². The maximum atomic E-state index is 13.4. The van der Waals surface area contributed by atoms with Crippen molar-refractivity contribution in [1.29, 1.82) is 5.26 Å². The van der Waals surface area contributed by atoms with Crippen LogP contribution < -0.4 is 9.21 Å². The molecule has 0 bridgehead atoms. The summed E-state index contributed by atoms with van der Waals surface area (Å²) in [7, 11) is -4.25. The predicted molar refractivity (Wildman–Crippen MR) is 110 cm³/mol. The lowest BCUT2D eigenvalue weighted by Gasteiger charge is -2.47. The van der Waals surface area contributed by atoms with Gasteiger partial charge in [-0.2, -0.15) is 18.4 Å². The second kappa shape index (κ2) is 7.46. The molecule has 0 N–H and O–H groups in total. The Balaban J connectivity index is 1.81. The molecule has 2 atom stereocenters. The molecule has 0 amide bonds. The quantitative estimate of drug-likeness (QED) is 0.596. The van der Waals surface area contributed by atoms with Crippen LogP contribution >= 0.6 is 15.9 Å². The molecule has 0 aromatic heterocycles. The van der Waals surface area contributed by atoms with Gasteiger partial charge >= 0.3 is 6.18 Å². The number of sulfonamides is 1. The summed E-state index contributed by atoms with van der Waals surface area (Å²) in [6.07, 6.45) is -3.46. The van der Waals surface area contributed by atoms with Crippen LogP contribution in [0.4, 0.5) is 24.5 Å². The lowest BCUT2D eigenvalue weighted by molar-refractivity contribution is -0.137. The number of fused-ring (bicyclic) bond motifs is 3. The summed E-state index contributed by atoms with van der Waals surface area (Å²) >= 11 is 3.36. The Morgan fingerprint density at radius 3 is 2.60 bits per heavy atom. The van der Waals surface area contributed by atoms with Crippen LogP contribution in [0.15, 0.2) is 51.8 Å². The summed E-state index contributed by atoms with van der Waals surface area (Å²) in [5.41, 5.74) is 0.0914. The van der Waals surface area contributed by atoms with Crippen LogP contribution in [-0.2, 0) is 16.2 Å². The molecule has 2 unspecified atom stereocenters. The van der Waals surface area contributed by atoms with Gasteiger partial charge in [-0.15, -0.1) is 0 Å². The van der Waals surface area contributed by atoms with Gasteiger partial charge in [0.1, 0.15) is 0 Å². The van der Waals surface area contributed by atoms with Gasteiger partial charge in [-0.05, 0) is 49.2 Å². The highest BCUT2D eigenvalue weighted by Gasteiger charge is 2.41. The first-order valence-electron chi connectivity index (χ1n) is 9.27. The summed E-state index contributed by atoms with van der Waals surface area (Å²) in [4.78, 5) is 1.68. The molecule has 2 aromatic rings. The van der Waals surface area contributed by atoms with Crippen LogP contribution in [0, 0.1) is 17.2 Å². The van der Waals surface area contributed by atoms with Crippen molar-refractivity contribution in [3.8, 4) is 6.07 Å². The van der Waals surface area contributed by atoms with Crippen molar-refractivity contribution in [3.05, 3.63) is 52.5 Å². The first-order valence-corrected chi connectivity index (χ1v) is 11.5. The Kier molecular flexibility index (Phi) is 5.22. The molecular weight excluding hydrogens is 483 g/mol. The number of nitrogens with zero attached hydrogens (tertiary/aromatic N) is 3. The van der Waals surface area contributed by atoms with Gasteiger partial charge in [-0.3, -0.25) is 4.31 Å². The molecule has 2 aliphatic rings. The predicted octanol–water partition coefficient (Wildman–Crippen LogP) is 4.79. The van der Waals surface area contributed by atoms with Crippen LogP contribution in [0.5, 0.6) is 0 Å². The Hall–Kier alpha value is -2.25. The number of alkyl halides is 3. The van der Waals surface area contributed by atoms with Crippen LogP contribution in [0.1, 0.15) is 18.4 Å².